The van der Waals surface area contributed by atoms with Crippen LogP contribution in [-0.2, 0) is 11.3 Å². The number of anilines is 1. The van der Waals surface area contributed by atoms with Crippen molar-refractivity contribution in [2.75, 3.05) is 18.4 Å². The highest BCUT2D eigenvalue weighted by Gasteiger charge is 2.31. The van der Waals surface area contributed by atoms with Crippen LogP contribution in [0.2, 0.25) is 0 Å². The van der Waals surface area contributed by atoms with E-state index in [1.54, 1.807) is 0 Å². The van der Waals surface area contributed by atoms with Gasteiger partial charge in [0.25, 0.3) is 0 Å². The number of hydrogen-bond donors (Lipinski definition) is 1. The fourth-order valence-corrected chi connectivity index (χ4v) is 4.23. The first kappa shape index (κ1) is 21.0. The molecule has 1 aliphatic rings. The van der Waals surface area contributed by atoms with Crippen molar-refractivity contribution in [2.24, 2.45) is 4.99 Å². The van der Waals surface area contributed by atoms with Crippen molar-refractivity contribution in [3.63, 3.8) is 0 Å². The molecule has 1 N–H and O–H groups in total. The van der Waals surface area contributed by atoms with Gasteiger partial charge in [0.2, 0.25) is 5.91 Å². The predicted molar refractivity (Wildman–Crippen MR) is 128 cm³/mol. The van der Waals surface area contributed by atoms with Gasteiger partial charge in [-0.1, -0.05) is 78.9 Å². The molecular weight excluding hydrogens is 382 g/mol. The molecule has 158 valence electrons. The molecule has 0 aromatic heterocycles. The van der Waals surface area contributed by atoms with Crippen LogP contribution in [0.4, 0.5) is 5.69 Å². The lowest BCUT2D eigenvalue weighted by Crippen LogP contribution is -2.39. The number of carbonyl (C=O) groups is 1. The number of aliphatic imine (C=N–C) groups is 1. The molecule has 1 heterocycles. The van der Waals surface area contributed by atoms with Gasteiger partial charge in [0.15, 0.2) is 0 Å². The van der Waals surface area contributed by atoms with E-state index >= 15 is 0 Å². The first-order valence-electron chi connectivity index (χ1n) is 11.0. The van der Waals surface area contributed by atoms with Crippen LogP contribution >= 0.6 is 0 Å². The van der Waals surface area contributed by atoms with Gasteiger partial charge in [-0.3, -0.25) is 14.7 Å². The molecule has 1 amide bonds. The van der Waals surface area contributed by atoms with Gasteiger partial charge < -0.3 is 5.32 Å². The van der Waals surface area contributed by atoms with Crippen molar-refractivity contribution in [3.8, 4) is 0 Å². The first-order valence-corrected chi connectivity index (χ1v) is 11.0. The Balaban J connectivity index is 1.56. The molecule has 4 rings (SSSR count). The SMILES string of the molecule is CCN=C(c1ccccc1)c1ccccc1NC(=O)C1CCCN1Cc1ccccc1. The number of benzene rings is 3. The fraction of sp³-hybridized carbons (Fsp3) is 0.259. The molecular formula is C27H29N3O. The molecule has 0 radical (unpaired) electrons. The molecule has 0 saturated carbocycles. The number of nitrogens with one attached hydrogen (secondary N) is 1. The lowest BCUT2D eigenvalue weighted by atomic mass is 10.00. The largest absolute Gasteiger partial charge is 0.324 e. The quantitative estimate of drug-likeness (QED) is 0.547. The van der Waals surface area contributed by atoms with Crippen LogP contribution in [0, 0.1) is 0 Å². The van der Waals surface area contributed by atoms with E-state index in [1.165, 1.54) is 5.56 Å². The summed E-state index contributed by atoms with van der Waals surface area (Å²) < 4.78 is 0. The van der Waals surface area contributed by atoms with E-state index in [0.717, 1.165) is 48.5 Å². The minimum Gasteiger partial charge on any atom is -0.324 e. The minimum atomic E-state index is -0.114. The topological polar surface area (TPSA) is 44.7 Å². The van der Waals surface area contributed by atoms with Crippen LogP contribution in [0.3, 0.4) is 0 Å². The second-order valence-corrected chi connectivity index (χ2v) is 7.84. The molecule has 3 aromatic rings. The summed E-state index contributed by atoms with van der Waals surface area (Å²) >= 11 is 0. The second kappa shape index (κ2) is 10.2. The number of hydrogen-bond acceptors (Lipinski definition) is 3. The standard InChI is InChI=1S/C27H29N3O/c1-2-28-26(22-14-7-4-8-15-22)23-16-9-10-17-24(23)29-27(31)25-18-11-19-30(25)20-21-12-5-3-6-13-21/h3-10,12-17,25H,2,11,18-20H2,1H3,(H,29,31). The molecule has 1 fully saturated rings. The van der Waals surface area contributed by atoms with Crippen LogP contribution in [0.15, 0.2) is 89.9 Å². The zero-order valence-corrected chi connectivity index (χ0v) is 18.0. The molecule has 0 bridgehead atoms. The molecule has 4 nitrogen and oxygen atoms in total. The van der Waals surface area contributed by atoms with E-state index in [-0.39, 0.29) is 11.9 Å². The summed E-state index contributed by atoms with van der Waals surface area (Å²) in [6.45, 7) is 4.46. The van der Waals surface area contributed by atoms with Crippen molar-refractivity contribution in [1.29, 1.82) is 0 Å². The molecule has 0 spiro atoms. The van der Waals surface area contributed by atoms with Crippen molar-refractivity contribution in [3.05, 3.63) is 102 Å². The van der Waals surface area contributed by atoms with Crippen LogP contribution in [0.25, 0.3) is 0 Å². The highest BCUT2D eigenvalue weighted by Crippen LogP contribution is 2.24. The highest BCUT2D eigenvalue weighted by molar-refractivity contribution is 6.17. The second-order valence-electron chi connectivity index (χ2n) is 7.84. The molecule has 1 saturated heterocycles. The third kappa shape index (κ3) is 5.09. The van der Waals surface area contributed by atoms with E-state index < -0.39 is 0 Å². The molecule has 3 aromatic carbocycles. The van der Waals surface area contributed by atoms with Gasteiger partial charge in [0.1, 0.15) is 0 Å². The Labute approximate surface area is 184 Å². The van der Waals surface area contributed by atoms with E-state index in [9.17, 15) is 4.79 Å². The number of para-hydroxylation sites is 1. The molecule has 1 aliphatic heterocycles. The van der Waals surface area contributed by atoms with Gasteiger partial charge in [-0.25, -0.2) is 0 Å². The summed E-state index contributed by atoms with van der Waals surface area (Å²) in [6, 6.07) is 28.4. The first-order chi connectivity index (χ1) is 15.3. The van der Waals surface area contributed by atoms with Crippen molar-refractivity contribution in [1.82, 2.24) is 4.90 Å². The summed E-state index contributed by atoms with van der Waals surface area (Å²) in [7, 11) is 0. The van der Waals surface area contributed by atoms with Gasteiger partial charge >= 0.3 is 0 Å². The third-order valence-electron chi connectivity index (χ3n) is 5.70. The Bertz CT molecular complexity index is 1030. The van der Waals surface area contributed by atoms with E-state index in [0.29, 0.717) is 6.54 Å². The Kier molecular flexibility index (Phi) is 6.90. The lowest BCUT2D eigenvalue weighted by Gasteiger charge is -2.24. The lowest BCUT2D eigenvalue weighted by molar-refractivity contribution is -0.120. The number of rotatable bonds is 7. The van der Waals surface area contributed by atoms with Crippen molar-refractivity contribution < 1.29 is 4.79 Å². The zero-order valence-electron chi connectivity index (χ0n) is 18.0. The van der Waals surface area contributed by atoms with Crippen LogP contribution in [-0.4, -0.2) is 35.7 Å². The Morgan fingerprint density at radius 3 is 2.39 bits per heavy atom. The maximum absolute atomic E-state index is 13.3. The summed E-state index contributed by atoms with van der Waals surface area (Å²) in [5.74, 6) is 0.0600. The summed E-state index contributed by atoms with van der Waals surface area (Å²) in [4.78, 5) is 20.3. The van der Waals surface area contributed by atoms with Gasteiger partial charge in [0.05, 0.1) is 17.4 Å². The van der Waals surface area contributed by atoms with Gasteiger partial charge in [-0.2, -0.15) is 0 Å². The highest BCUT2D eigenvalue weighted by atomic mass is 16.2. The summed E-state index contributed by atoms with van der Waals surface area (Å²) in [5, 5.41) is 3.22. The predicted octanol–water partition coefficient (Wildman–Crippen LogP) is 5.15. The van der Waals surface area contributed by atoms with Crippen LogP contribution in [0.1, 0.15) is 36.5 Å². The maximum atomic E-state index is 13.3. The van der Waals surface area contributed by atoms with Gasteiger partial charge in [0, 0.05) is 24.2 Å². The molecule has 31 heavy (non-hydrogen) atoms. The number of nitrogens with zero attached hydrogens (tertiary/aromatic N) is 2. The van der Waals surface area contributed by atoms with Crippen molar-refractivity contribution in [2.45, 2.75) is 32.4 Å². The summed E-state index contributed by atoms with van der Waals surface area (Å²) in [6.07, 6.45) is 1.93. The molecule has 1 atom stereocenters. The van der Waals surface area contributed by atoms with E-state index in [2.05, 4.69) is 46.6 Å². The average Bonchev–Trinajstić information content (AvgIpc) is 3.27. The molecule has 0 aliphatic carbocycles. The molecule has 4 heteroatoms. The Hall–Kier alpha value is -3.24. The number of carbonyl (C=O) groups excluding carboxylic acids is 1. The number of amides is 1. The fourth-order valence-electron chi connectivity index (χ4n) is 4.23. The summed E-state index contributed by atoms with van der Waals surface area (Å²) in [5.41, 5.74) is 4.97. The molecule has 1 unspecified atom stereocenters. The average molecular weight is 412 g/mol. The smallest absolute Gasteiger partial charge is 0.241 e. The van der Waals surface area contributed by atoms with Crippen LogP contribution < -0.4 is 5.32 Å². The Morgan fingerprint density at radius 2 is 1.65 bits per heavy atom. The number of likely N-dealkylation sites (tertiary alicyclic amines) is 1. The van der Waals surface area contributed by atoms with Crippen molar-refractivity contribution >= 4 is 17.3 Å². The van der Waals surface area contributed by atoms with Gasteiger partial charge in [-0.15, -0.1) is 0 Å². The Morgan fingerprint density at radius 1 is 0.968 bits per heavy atom. The normalized spacial score (nSPS) is 16.9. The van der Waals surface area contributed by atoms with Gasteiger partial charge in [-0.05, 0) is 37.9 Å². The van der Waals surface area contributed by atoms with Crippen LogP contribution in [0.5, 0.6) is 0 Å². The minimum absolute atomic E-state index is 0.0600. The zero-order chi connectivity index (χ0) is 21.5. The maximum Gasteiger partial charge on any atom is 0.241 e. The monoisotopic (exact) mass is 411 g/mol. The third-order valence-corrected chi connectivity index (χ3v) is 5.70. The van der Waals surface area contributed by atoms with E-state index in [4.69, 9.17) is 4.99 Å². The van der Waals surface area contributed by atoms with E-state index in [1.807, 2.05) is 55.5 Å².